The highest BCUT2D eigenvalue weighted by Gasteiger charge is 2.28. The summed E-state index contributed by atoms with van der Waals surface area (Å²) in [6.45, 7) is -1.51. The minimum atomic E-state index is -4.41. The molecule has 0 aromatic heterocycles. The molecule has 0 amide bonds. The van der Waals surface area contributed by atoms with Gasteiger partial charge in [0.2, 0.25) is 0 Å². The van der Waals surface area contributed by atoms with E-state index in [1.54, 1.807) is 0 Å². The van der Waals surface area contributed by atoms with Gasteiger partial charge in [-0.05, 0) is 6.07 Å². The number of rotatable bonds is 4. The van der Waals surface area contributed by atoms with E-state index in [-0.39, 0.29) is 12.1 Å². The Morgan fingerprint density at radius 1 is 1.24 bits per heavy atom. The summed E-state index contributed by atoms with van der Waals surface area (Å²) in [4.78, 5) is 0. The quantitative estimate of drug-likeness (QED) is 0.808. The molecule has 1 aromatic rings. The van der Waals surface area contributed by atoms with Gasteiger partial charge >= 0.3 is 6.18 Å². The van der Waals surface area contributed by atoms with E-state index in [1.807, 2.05) is 0 Å². The average Bonchev–Trinajstić information content (AvgIpc) is 2.19. The van der Waals surface area contributed by atoms with Gasteiger partial charge in [0.25, 0.3) is 0 Å². The van der Waals surface area contributed by atoms with Gasteiger partial charge in [0, 0.05) is 24.2 Å². The van der Waals surface area contributed by atoms with E-state index in [0.717, 1.165) is 12.1 Å². The summed E-state index contributed by atoms with van der Waals surface area (Å²) in [5.41, 5.74) is 5.17. The molecule has 0 fully saturated rings. The predicted octanol–water partition coefficient (Wildman–Crippen LogP) is 2.12. The minimum absolute atomic E-state index is 0.0850. The van der Waals surface area contributed by atoms with Crippen LogP contribution in [-0.4, -0.2) is 19.3 Å². The van der Waals surface area contributed by atoms with Gasteiger partial charge < -0.3 is 11.1 Å². The molecule has 0 spiro atoms. The zero-order valence-electron chi connectivity index (χ0n) is 8.69. The number of benzene rings is 1. The standard InChI is InChI=1S/C10H11F5N2/c11-6-1-2-7(8(12)3-6)9(4-16)17-5-10(13,14)15/h1-3,9,17H,4-5,16H2. The third-order valence-electron chi connectivity index (χ3n) is 2.12. The van der Waals surface area contributed by atoms with Gasteiger partial charge in [-0.2, -0.15) is 13.2 Å². The monoisotopic (exact) mass is 254 g/mol. The first-order valence-corrected chi connectivity index (χ1v) is 4.78. The molecule has 0 aliphatic carbocycles. The summed E-state index contributed by atoms with van der Waals surface area (Å²) < 4.78 is 61.8. The minimum Gasteiger partial charge on any atom is -0.329 e. The van der Waals surface area contributed by atoms with Gasteiger partial charge in [0.1, 0.15) is 11.6 Å². The van der Waals surface area contributed by atoms with Crippen molar-refractivity contribution < 1.29 is 22.0 Å². The summed E-state index contributed by atoms with van der Waals surface area (Å²) in [5, 5.41) is 2.07. The van der Waals surface area contributed by atoms with Crippen LogP contribution in [0.25, 0.3) is 0 Å². The third kappa shape index (κ3) is 4.27. The van der Waals surface area contributed by atoms with Gasteiger partial charge in [-0.1, -0.05) is 6.07 Å². The van der Waals surface area contributed by atoms with Crippen LogP contribution in [0.3, 0.4) is 0 Å². The Kier molecular flexibility index (Phi) is 4.41. The smallest absolute Gasteiger partial charge is 0.329 e. The molecule has 0 aliphatic rings. The summed E-state index contributed by atoms with van der Waals surface area (Å²) in [7, 11) is 0. The highest BCUT2D eigenvalue weighted by molar-refractivity contribution is 5.22. The Morgan fingerprint density at radius 2 is 1.88 bits per heavy atom. The van der Waals surface area contributed by atoms with Gasteiger partial charge in [0.15, 0.2) is 0 Å². The first kappa shape index (κ1) is 13.9. The fourth-order valence-electron chi connectivity index (χ4n) is 1.34. The molecule has 96 valence electrons. The van der Waals surface area contributed by atoms with E-state index < -0.39 is 30.4 Å². The van der Waals surface area contributed by atoms with Crippen LogP contribution in [0.5, 0.6) is 0 Å². The summed E-state index contributed by atoms with van der Waals surface area (Å²) in [6, 6.07) is 1.65. The molecule has 3 N–H and O–H groups in total. The fourth-order valence-corrected chi connectivity index (χ4v) is 1.34. The zero-order valence-corrected chi connectivity index (χ0v) is 8.69. The first-order chi connectivity index (χ1) is 7.83. The molecule has 2 nitrogen and oxygen atoms in total. The molecule has 0 saturated heterocycles. The fraction of sp³-hybridized carbons (Fsp3) is 0.400. The molecule has 17 heavy (non-hydrogen) atoms. The van der Waals surface area contributed by atoms with Crippen molar-refractivity contribution in [3.63, 3.8) is 0 Å². The average molecular weight is 254 g/mol. The largest absolute Gasteiger partial charge is 0.401 e. The molecule has 0 radical (unpaired) electrons. The van der Waals surface area contributed by atoms with Gasteiger partial charge in [-0.15, -0.1) is 0 Å². The van der Waals surface area contributed by atoms with E-state index >= 15 is 0 Å². The second-order valence-electron chi connectivity index (χ2n) is 3.45. The van der Waals surface area contributed by atoms with Crippen LogP contribution in [0.1, 0.15) is 11.6 Å². The van der Waals surface area contributed by atoms with Crippen LogP contribution in [0.15, 0.2) is 18.2 Å². The van der Waals surface area contributed by atoms with Crippen molar-refractivity contribution in [1.82, 2.24) is 5.32 Å². The van der Waals surface area contributed by atoms with E-state index in [0.29, 0.717) is 6.07 Å². The molecule has 0 heterocycles. The Bertz CT molecular complexity index is 377. The number of hydrogen-bond donors (Lipinski definition) is 2. The normalized spacial score (nSPS) is 13.8. The van der Waals surface area contributed by atoms with Gasteiger partial charge in [0.05, 0.1) is 6.54 Å². The number of alkyl halides is 3. The molecule has 0 saturated carbocycles. The lowest BCUT2D eigenvalue weighted by Crippen LogP contribution is -2.36. The maximum Gasteiger partial charge on any atom is 0.401 e. The Balaban J connectivity index is 2.79. The second-order valence-corrected chi connectivity index (χ2v) is 3.45. The van der Waals surface area contributed by atoms with Crippen LogP contribution in [0.2, 0.25) is 0 Å². The van der Waals surface area contributed by atoms with Crippen LogP contribution >= 0.6 is 0 Å². The zero-order chi connectivity index (χ0) is 13.1. The van der Waals surface area contributed by atoms with E-state index in [2.05, 4.69) is 5.32 Å². The number of nitrogens with two attached hydrogens (primary N) is 1. The van der Waals surface area contributed by atoms with Gasteiger partial charge in [-0.3, -0.25) is 0 Å². The SMILES string of the molecule is NCC(NCC(F)(F)F)c1ccc(F)cc1F. The topological polar surface area (TPSA) is 38.0 Å². The molecule has 7 heteroatoms. The molecule has 0 aliphatic heterocycles. The molecule has 1 aromatic carbocycles. The number of halogens is 5. The maximum absolute atomic E-state index is 13.3. The van der Waals surface area contributed by atoms with Gasteiger partial charge in [-0.25, -0.2) is 8.78 Å². The van der Waals surface area contributed by atoms with Crippen molar-refractivity contribution >= 4 is 0 Å². The molecule has 1 atom stereocenters. The Hall–Kier alpha value is -1.21. The van der Waals surface area contributed by atoms with Crippen LogP contribution in [-0.2, 0) is 0 Å². The van der Waals surface area contributed by atoms with E-state index in [9.17, 15) is 22.0 Å². The van der Waals surface area contributed by atoms with Crippen molar-refractivity contribution in [3.05, 3.63) is 35.4 Å². The molecular formula is C10H11F5N2. The van der Waals surface area contributed by atoms with E-state index in [1.165, 1.54) is 0 Å². The summed E-state index contributed by atoms with van der Waals surface area (Å²) in [5.74, 6) is -1.71. The lowest BCUT2D eigenvalue weighted by atomic mass is 10.1. The third-order valence-corrected chi connectivity index (χ3v) is 2.12. The Labute approximate surface area is 94.6 Å². The lowest BCUT2D eigenvalue weighted by molar-refractivity contribution is -0.126. The van der Waals surface area contributed by atoms with Crippen molar-refractivity contribution in [2.45, 2.75) is 12.2 Å². The molecule has 1 unspecified atom stereocenters. The van der Waals surface area contributed by atoms with Crippen molar-refractivity contribution in [1.29, 1.82) is 0 Å². The summed E-state index contributed by atoms with van der Waals surface area (Å²) in [6.07, 6.45) is -4.41. The highest BCUT2D eigenvalue weighted by atomic mass is 19.4. The predicted molar refractivity (Wildman–Crippen MR) is 52.2 cm³/mol. The molecular weight excluding hydrogens is 243 g/mol. The van der Waals surface area contributed by atoms with Crippen molar-refractivity contribution in [2.75, 3.05) is 13.1 Å². The highest BCUT2D eigenvalue weighted by Crippen LogP contribution is 2.19. The number of nitrogens with one attached hydrogen (secondary N) is 1. The maximum atomic E-state index is 13.3. The van der Waals surface area contributed by atoms with Crippen LogP contribution in [0, 0.1) is 11.6 Å². The summed E-state index contributed by atoms with van der Waals surface area (Å²) >= 11 is 0. The lowest BCUT2D eigenvalue weighted by Gasteiger charge is -2.19. The van der Waals surface area contributed by atoms with Crippen molar-refractivity contribution in [2.24, 2.45) is 5.73 Å². The first-order valence-electron chi connectivity index (χ1n) is 4.78. The van der Waals surface area contributed by atoms with Crippen LogP contribution in [0.4, 0.5) is 22.0 Å². The van der Waals surface area contributed by atoms with Crippen molar-refractivity contribution in [3.8, 4) is 0 Å². The van der Waals surface area contributed by atoms with Crippen LogP contribution < -0.4 is 11.1 Å². The number of hydrogen-bond acceptors (Lipinski definition) is 2. The van der Waals surface area contributed by atoms with E-state index in [4.69, 9.17) is 5.73 Å². The second kappa shape index (κ2) is 5.42. The molecule has 0 bridgehead atoms. The Morgan fingerprint density at radius 3 is 2.35 bits per heavy atom. The molecule has 1 rings (SSSR count).